The molecule has 0 spiro atoms. The molecule has 12 heavy (non-hydrogen) atoms. The number of rotatable bonds is 5. The maximum atomic E-state index is 4.86. The Kier molecular flexibility index (Phi) is 15.4. The summed E-state index contributed by atoms with van der Waals surface area (Å²) in [5, 5.41) is 0. The van der Waals surface area contributed by atoms with Crippen molar-refractivity contribution >= 4 is 0 Å². The number of ether oxygens (including phenoxy) is 2. The molecule has 0 amide bonds. The zero-order valence-electron chi connectivity index (χ0n) is 8.80. The Morgan fingerprint density at radius 2 is 1.75 bits per heavy atom. The maximum Gasteiger partial charge on any atom is 0.0895 e. The Labute approximate surface area is 76.6 Å². The van der Waals surface area contributed by atoms with Gasteiger partial charge in [-0.15, -0.1) is 0 Å². The summed E-state index contributed by atoms with van der Waals surface area (Å²) in [5.41, 5.74) is 0. The Hall–Kier alpha value is -0.500. The number of hydrogen-bond donors (Lipinski definition) is 0. The number of hydrogen-bond acceptors (Lipinski definition) is 2. The van der Waals surface area contributed by atoms with E-state index >= 15 is 0 Å². The lowest BCUT2D eigenvalue weighted by atomic mass is 10.2. The van der Waals surface area contributed by atoms with Crippen molar-refractivity contribution in [3.05, 3.63) is 12.8 Å². The molecule has 0 aromatic rings. The molecule has 0 aliphatic carbocycles. The smallest absolute Gasteiger partial charge is 0.0895 e. The van der Waals surface area contributed by atoms with Crippen LogP contribution in [0.5, 0.6) is 0 Å². The Morgan fingerprint density at radius 3 is 1.83 bits per heavy atom. The molecule has 0 atom stereocenters. The van der Waals surface area contributed by atoms with Crippen LogP contribution in [0.15, 0.2) is 12.8 Å². The summed E-state index contributed by atoms with van der Waals surface area (Å²) in [6.45, 7) is 14.1. The molecular weight excluding hydrogens is 152 g/mol. The van der Waals surface area contributed by atoms with Crippen LogP contribution >= 0.6 is 0 Å². The van der Waals surface area contributed by atoms with E-state index in [1.165, 1.54) is 6.26 Å². The van der Waals surface area contributed by atoms with Crippen molar-refractivity contribution < 1.29 is 9.47 Å². The van der Waals surface area contributed by atoms with Crippen molar-refractivity contribution in [2.45, 2.75) is 27.7 Å². The second kappa shape index (κ2) is 13.1. The van der Waals surface area contributed by atoms with Gasteiger partial charge in [0, 0.05) is 13.2 Å². The molecule has 0 fully saturated rings. The van der Waals surface area contributed by atoms with Crippen molar-refractivity contribution in [3.8, 4) is 0 Å². The predicted molar refractivity (Wildman–Crippen MR) is 53.2 cm³/mol. The molecule has 74 valence electrons. The molecule has 0 aliphatic rings. The first-order valence-corrected chi connectivity index (χ1v) is 4.49. The van der Waals surface area contributed by atoms with Crippen molar-refractivity contribution in [3.63, 3.8) is 0 Å². The van der Waals surface area contributed by atoms with Crippen LogP contribution < -0.4 is 0 Å². The van der Waals surface area contributed by atoms with Gasteiger partial charge in [-0.3, -0.25) is 0 Å². The highest BCUT2D eigenvalue weighted by molar-refractivity contribution is 4.49. The minimum atomic E-state index is 0.609. The van der Waals surface area contributed by atoms with E-state index in [4.69, 9.17) is 9.47 Å². The molecular formula is C10H22O2. The van der Waals surface area contributed by atoms with Crippen molar-refractivity contribution in [1.82, 2.24) is 0 Å². The van der Waals surface area contributed by atoms with Gasteiger partial charge in [0.25, 0.3) is 0 Å². The Bertz CT molecular complexity index is 77.9. The summed E-state index contributed by atoms with van der Waals surface area (Å²) < 4.78 is 9.69. The standard InChI is InChI=1S/C6H12O.C4H10O/c1-4-7-5-6(2)3;1-3-5-4-2/h4,6H,1,5H2,2-3H3;3-4H2,1-2H3. The lowest BCUT2D eigenvalue weighted by Gasteiger charge is -2.00. The van der Waals surface area contributed by atoms with Gasteiger partial charge in [-0.05, 0) is 19.8 Å². The van der Waals surface area contributed by atoms with Gasteiger partial charge in [-0.25, -0.2) is 0 Å². The fourth-order valence-electron chi connectivity index (χ4n) is 0.465. The lowest BCUT2D eigenvalue weighted by Crippen LogP contribution is -1.95. The van der Waals surface area contributed by atoms with E-state index in [9.17, 15) is 0 Å². The molecule has 0 aliphatic heterocycles. The summed E-state index contributed by atoms with van der Waals surface area (Å²) in [4.78, 5) is 0. The van der Waals surface area contributed by atoms with E-state index in [-0.39, 0.29) is 0 Å². The van der Waals surface area contributed by atoms with Crippen LogP contribution in [0.1, 0.15) is 27.7 Å². The van der Waals surface area contributed by atoms with Gasteiger partial charge in [0.1, 0.15) is 0 Å². The average Bonchev–Trinajstić information content (AvgIpc) is 2.03. The first kappa shape index (κ1) is 14.0. The second-order valence-electron chi connectivity index (χ2n) is 2.68. The van der Waals surface area contributed by atoms with Crippen LogP contribution in [0.2, 0.25) is 0 Å². The van der Waals surface area contributed by atoms with E-state index in [1.807, 2.05) is 13.8 Å². The minimum absolute atomic E-state index is 0.609. The third-order valence-corrected chi connectivity index (χ3v) is 0.956. The predicted octanol–water partition coefficient (Wildman–Crippen LogP) is 2.85. The van der Waals surface area contributed by atoms with Gasteiger partial charge in [0.2, 0.25) is 0 Å². The van der Waals surface area contributed by atoms with E-state index < -0.39 is 0 Å². The molecule has 0 bridgehead atoms. The molecule has 0 radical (unpaired) electrons. The lowest BCUT2D eigenvalue weighted by molar-refractivity contribution is 0.162. The van der Waals surface area contributed by atoms with Gasteiger partial charge >= 0.3 is 0 Å². The van der Waals surface area contributed by atoms with Gasteiger partial charge < -0.3 is 9.47 Å². The molecule has 2 heteroatoms. The average molecular weight is 174 g/mol. The summed E-state index contributed by atoms with van der Waals surface area (Å²) >= 11 is 0. The highest BCUT2D eigenvalue weighted by atomic mass is 16.5. The SMILES string of the molecule is C=COCC(C)C.CCOCC. The Morgan fingerprint density at radius 1 is 1.25 bits per heavy atom. The van der Waals surface area contributed by atoms with Crippen LogP contribution in [0.4, 0.5) is 0 Å². The first-order valence-electron chi connectivity index (χ1n) is 4.49. The molecule has 0 unspecified atom stereocenters. The molecule has 0 N–H and O–H groups in total. The minimum Gasteiger partial charge on any atom is -0.502 e. The van der Waals surface area contributed by atoms with Crippen molar-refractivity contribution in [1.29, 1.82) is 0 Å². The monoisotopic (exact) mass is 174 g/mol. The molecule has 0 saturated heterocycles. The first-order chi connectivity index (χ1) is 5.68. The third kappa shape index (κ3) is 22.7. The Balaban J connectivity index is 0. The fourth-order valence-corrected chi connectivity index (χ4v) is 0.465. The van der Waals surface area contributed by atoms with Crippen molar-refractivity contribution in [2.75, 3.05) is 19.8 Å². The maximum absolute atomic E-state index is 4.86. The van der Waals surface area contributed by atoms with Crippen LogP contribution in [-0.2, 0) is 9.47 Å². The third-order valence-electron chi connectivity index (χ3n) is 0.956. The molecule has 0 aromatic carbocycles. The fraction of sp³-hybridized carbons (Fsp3) is 0.800. The normalized spacial score (nSPS) is 8.75. The van der Waals surface area contributed by atoms with Crippen molar-refractivity contribution in [2.24, 2.45) is 5.92 Å². The summed E-state index contributed by atoms with van der Waals surface area (Å²) in [7, 11) is 0. The van der Waals surface area contributed by atoms with Gasteiger partial charge in [0.05, 0.1) is 12.9 Å². The molecule has 2 nitrogen and oxygen atoms in total. The van der Waals surface area contributed by atoms with Gasteiger partial charge in [-0.2, -0.15) is 0 Å². The van der Waals surface area contributed by atoms with E-state index in [1.54, 1.807) is 0 Å². The summed E-state index contributed by atoms with van der Waals surface area (Å²) in [6.07, 6.45) is 1.47. The van der Waals surface area contributed by atoms with Gasteiger partial charge in [0.15, 0.2) is 0 Å². The van der Waals surface area contributed by atoms with Gasteiger partial charge in [-0.1, -0.05) is 20.4 Å². The van der Waals surface area contributed by atoms with E-state index in [0.29, 0.717) is 5.92 Å². The highest BCUT2D eigenvalue weighted by Crippen LogP contribution is 1.90. The molecule has 0 saturated carbocycles. The van der Waals surface area contributed by atoms with E-state index in [0.717, 1.165) is 19.8 Å². The topological polar surface area (TPSA) is 18.5 Å². The second-order valence-corrected chi connectivity index (χ2v) is 2.68. The van der Waals surface area contributed by atoms with Crippen LogP contribution in [0.25, 0.3) is 0 Å². The molecule has 0 aromatic heterocycles. The summed E-state index contributed by atoms with van der Waals surface area (Å²) in [6, 6.07) is 0. The van der Waals surface area contributed by atoms with E-state index in [2.05, 4.69) is 20.4 Å². The molecule has 0 heterocycles. The zero-order chi connectivity index (χ0) is 9.82. The van der Waals surface area contributed by atoms with Crippen LogP contribution in [-0.4, -0.2) is 19.8 Å². The summed E-state index contributed by atoms with van der Waals surface area (Å²) in [5.74, 6) is 0.609. The quantitative estimate of drug-likeness (QED) is 0.597. The van der Waals surface area contributed by atoms with Crippen LogP contribution in [0, 0.1) is 5.92 Å². The zero-order valence-corrected chi connectivity index (χ0v) is 8.80. The highest BCUT2D eigenvalue weighted by Gasteiger charge is 1.87. The molecule has 0 rings (SSSR count). The largest absolute Gasteiger partial charge is 0.502 e. The van der Waals surface area contributed by atoms with Crippen LogP contribution in [0.3, 0.4) is 0 Å².